The van der Waals surface area contributed by atoms with Crippen molar-refractivity contribution >= 4 is 28.3 Å². The van der Waals surface area contributed by atoms with Gasteiger partial charge in [-0.3, -0.25) is 9.59 Å². The highest BCUT2D eigenvalue weighted by molar-refractivity contribution is 7.13. The van der Waals surface area contributed by atoms with E-state index in [4.69, 9.17) is 9.47 Å². The monoisotopic (exact) mass is 417 g/mol. The first kappa shape index (κ1) is 21.1. The number of benzene rings is 1. The number of nitrogens with one attached hydrogen (secondary N) is 1. The lowest BCUT2D eigenvalue weighted by atomic mass is 9.89. The molecule has 1 aromatic carbocycles. The van der Waals surface area contributed by atoms with Crippen LogP contribution in [-0.2, 0) is 4.79 Å². The van der Waals surface area contributed by atoms with Crippen molar-refractivity contribution < 1.29 is 19.1 Å². The van der Waals surface area contributed by atoms with Gasteiger partial charge in [-0.1, -0.05) is 25.3 Å². The van der Waals surface area contributed by atoms with E-state index in [-0.39, 0.29) is 18.4 Å². The molecule has 1 aliphatic rings. The summed E-state index contributed by atoms with van der Waals surface area (Å²) in [6.07, 6.45) is 7.33. The zero-order valence-electron chi connectivity index (χ0n) is 16.8. The van der Waals surface area contributed by atoms with Gasteiger partial charge in [-0.05, 0) is 30.9 Å². The third-order valence-electron chi connectivity index (χ3n) is 5.15. The van der Waals surface area contributed by atoms with E-state index < -0.39 is 0 Å². The van der Waals surface area contributed by atoms with Crippen LogP contribution < -0.4 is 14.8 Å². The predicted octanol–water partition coefficient (Wildman–Crippen LogP) is 3.82. The van der Waals surface area contributed by atoms with Gasteiger partial charge in [0.05, 0.1) is 14.2 Å². The van der Waals surface area contributed by atoms with Crippen molar-refractivity contribution in [2.75, 3.05) is 32.6 Å². The maximum Gasteiger partial charge on any atom is 0.261 e. The van der Waals surface area contributed by atoms with Gasteiger partial charge >= 0.3 is 0 Å². The first-order valence-corrected chi connectivity index (χ1v) is 10.7. The van der Waals surface area contributed by atoms with Crippen LogP contribution in [0.4, 0.5) is 5.13 Å². The summed E-state index contributed by atoms with van der Waals surface area (Å²) in [4.78, 5) is 31.8. The summed E-state index contributed by atoms with van der Waals surface area (Å²) in [5.41, 5.74) is 0.343. The first-order chi connectivity index (χ1) is 14.1. The number of hydrogen-bond acceptors (Lipinski definition) is 6. The molecule has 156 valence electrons. The quantitative estimate of drug-likeness (QED) is 0.706. The van der Waals surface area contributed by atoms with Crippen molar-refractivity contribution in [3.63, 3.8) is 0 Å². The smallest absolute Gasteiger partial charge is 0.261 e. The van der Waals surface area contributed by atoms with E-state index in [9.17, 15) is 9.59 Å². The van der Waals surface area contributed by atoms with Crippen LogP contribution in [0.3, 0.4) is 0 Å². The predicted molar refractivity (Wildman–Crippen MR) is 113 cm³/mol. The molecule has 8 heteroatoms. The minimum Gasteiger partial charge on any atom is -0.496 e. The second-order valence-electron chi connectivity index (χ2n) is 7.11. The van der Waals surface area contributed by atoms with Gasteiger partial charge in [-0.15, -0.1) is 11.3 Å². The standard InChI is InChI=1S/C21H27N3O4S/c1-27-16-9-6-10-17(28-2)19(16)20(26)24(13-15-7-4-3-5-8-15)14-18(25)23-21-22-11-12-29-21/h6,9-12,15H,3-5,7-8,13-14H2,1-2H3,(H,22,23,25). The van der Waals surface area contributed by atoms with Gasteiger partial charge in [0.2, 0.25) is 5.91 Å². The van der Waals surface area contributed by atoms with Crippen LogP contribution in [0.1, 0.15) is 42.5 Å². The van der Waals surface area contributed by atoms with Crippen molar-refractivity contribution in [1.82, 2.24) is 9.88 Å². The number of amides is 2. The van der Waals surface area contributed by atoms with Gasteiger partial charge in [-0.2, -0.15) is 0 Å². The maximum absolute atomic E-state index is 13.5. The lowest BCUT2D eigenvalue weighted by molar-refractivity contribution is -0.117. The molecule has 29 heavy (non-hydrogen) atoms. The summed E-state index contributed by atoms with van der Waals surface area (Å²) in [5, 5.41) is 5.08. The van der Waals surface area contributed by atoms with Crippen LogP contribution in [0.2, 0.25) is 0 Å². The van der Waals surface area contributed by atoms with Gasteiger partial charge in [0.1, 0.15) is 23.6 Å². The number of carbonyl (C=O) groups is 2. The number of nitrogens with zero attached hydrogens (tertiary/aromatic N) is 2. The van der Waals surface area contributed by atoms with Gasteiger partial charge in [-0.25, -0.2) is 4.98 Å². The van der Waals surface area contributed by atoms with Gasteiger partial charge in [0.15, 0.2) is 5.13 Å². The molecule has 2 amide bonds. The third-order valence-corrected chi connectivity index (χ3v) is 5.83. The van der Waals surface area contributed by atoms with Crippen LogP contribution in [0.25, 0.3) is 0 Å². The highest BCUT2D eigenvalue weighted by Gasteiger charge is 2.28. The maximum atomic E-state index is 13.5. The molecule has 1 aliphatic carbocycles. The van der Waals surface area contributed by atoms with E-state index in [0.717, 1.165) is 25.7 Å². The number of rotatable bonds is 8. The first-order valence-electron chi connectivity index (χ1n) is 9.82. The van der Waals surface area contributed by atoms with Gasteiger partial charge in [0.25, 0.3) is 5.91 Å². The summed E-state index contributed by atoms with van der Waals surface area (Å²) in [5.74, 6) is 0.727. The molecule has 0 spiro atoms. The van der Waals surface area contributed by atoms with Crippen molar-refractivity contribution in [2.45, 2.75) is 32.1 Å². The lowest BCUT2D eigenvalue weighted by Crippen LogP contribution is -2.41. The number of aromatic nitrogens is 1. The number of methoxy groups -OCH3 is 2. The van der Waals surface area contributed by atoms with Crippen LogP contribution >= 0.6 is 11.3 Å². The molecule has 7 nitrogen and oxygen atoms in total. The van der Waals surface area contributed by atoms with E-state index in [0.29, 0.717) is 34.7 Å². The Morgan fingerprint density at radius 3 is 2.45 bits per heavy atom. The molecule has 0 aliphatic heterocycles. The van der Waals surface area contributed by atoms with E-state index in [2.05, 4.69) is 10.3 Å². The summed E-state index contributed by atoms with van der Waals surface area (Å²) in [6.45, 7) is 0.488. The molecule has 1 aromatic heterocycles. The van der Waals surface area contributed by atoms with Crippen molar-refractivity contribution in [2.24, 2.45) is 5.92 Å². The van der Waals surface area contributed by atoms with Crippen molar-refractivity contribution in [1.29, 1.82) is 0 Å². The molecule has 0 atom stereocenters. The van der Waals surface area contributed by atoms with E-state index in [1.807, 2.05) is 0 Å². The third kappa shape index (κ3) is 5.47. The highest BCUT2D eigenvalue weighted by atomic mass is 32.1. The largest absolute Gasteiger partial charge is 0.496 e. The van der Waals surface area contributed by atoms with Crippen molar-refractivity contribution in [3.05, 3.63) is 35.3 Å². The second kappa shape index (κ2) is 10.2. The molecule has 0 unspecified atom stereocenters. The number of ether oxygens (including phenoxy) is 2. The van der Waals surface area contributed by atoms with E-state index >= 15 is 0 Å². The van der Waals surface area contributed by atoms with Crippen LogP contribution in [0.5, 0.6) is 11.5 Å². The fraction of sp³-hybridized carbons (Fsp3) is 0.476. The van der Waals surface area contributed by atoms with E-state index in [1.54, 1.807) is 34.7 Å². The Kier molecular flexibility index (Phi) is 7.46. The average molecular weight is 418 g/mol. The summed E-state index contributed by atoms with van der Waals surface area (Å²) >= 11 is 1.34. The fourth-order valence-electron chi connectivity index (χ4n) is 3.74. The Labute approximate surface area is 175 Å². The molecule has 1 N–H and O–H groups in total. The van der Waals surface area contributed by atoms with Crippen LogP contribution in [0.15, 0.2) is 29.8 Å². The van der Waals surface area contributed by atoms with E-state index in [1.165, 1.54) is 32.0 Å². The molecule has 0 radical (unpaired) electrons. The highest BCUT2D eigenvalue weighted by Crippen LogP contribution is 2.31. The SMILES string of the molecule is COc1cccc(OC)c1C(=O)N(CC(=O)Nc1nccs1)CC1CCCCC1. The Hall–Kier alpha value is -2.61. The summed E-state index contributed by atoms with van der Waals surface area (Å²) in [6, 6.07) is 5.23. The van der Waals surface area contributed by atoms with Crippen molar-refractivity contribution in [3.8, 4) is 11.5 Å². The molecule has 2 aromatic rings. The average Bonchev–Trinajstić information content (AvgIpc) is 3.25. The molecule has 1 saturated carbocycles. The number of anilines is 1. The topological polar surface area (TPSA) is 80.8 Å². The number of carbonyl (C=O) groups excluding carboxylic acids is 2. The Bertz CT molecular complexity index is 797. The number of thiazole rings is 1. The summed E-state index contributed by atoms with van der Waals surface area (Å²) < 4.78 is 10.8. The van der Waals surface area contributed by atoms with Crippen LogP contribution in [-0.4, -0.2) is 49.0 Å². The fourth-order valence-corrected chi connectivity index (χ4v) is 4.28. The lowest BCUT2D eigenvalue weighted by Gasteiger charge is -2.30. The minimum atomic E-state index is -0.266. The van der Waals surface area contributed by atoms with Gasteiger partial charge < -0.3 is 19.7 Å². The van der Waals surface area contributed by atoms with Gasteiger partial charge in [0, 0.05) is 18.1 Å². The molecule has 0 bridgehead atoms. The molecule has 3 rings (SSSR count). The zero-order valence-corrected chi connectivity index (χ0v) is 17.7. The zero-order chi connectivity index (χ0) is 20.6. The molecule has 1 fully saturated rings. The Morgan fingerprint density at radius 1 is 1.17 bits per heavy atom. The normalized spacial score (nSPS) is 14.3. The molecular formula is C21H27N3O4S. The molecule has 1 heterocycles. The second-order valence-corrected chi connectivity index (χ2v) is 8.01. The Morgan fingerprint density at radius 2 is 1.86 bits per heavy atom. The number of hydrogen-bond donors (Lipinski definition) is 1. The Balaban J connectivity index is 1.83. The minimum absolute atomic E-state index is 0.0455. The molecule has 0 saturated heterocycles. The summed E-state index contributed by atoms with van der Waals surface area (Å²) in [7, 11) is 3.04. The molecular weight excluding hydrogens is 390 g/mol. The van der Waals surface area contributed by atoms with Crippen LogP contribution in [0, 0.1) is 5.92 Å².